The fourth-order valence-electron chi connectivity index (χ4n) is 5.19. The van der Waals surface area contributed by atoms with Crippen LogP contribution in [0.25, 0.3) is 6.08 Å². The second kappa shape index (κ2) is 6.19. The van der Waals surface area contributed by atoms with Crippen LogP contribution in [0, 0.1) is 16.7 Å². The first-order valence-corrected chi connectivity index (χ1v) is 9.74. The van der Waals surface area contributed by atoms with Crippen molar-refractivity contribution in [1.29, 1.82) is 5.26 Å². The second-order valence-electron chi connectivity index (χ2n) is 9.02. The summed E-state index contributed by atoms with van der Waals surface area (Å²) in [6.45, 7) is 7.67. The number of fused-ring (bicyclic) bond motifs is 4. The number of anilines is 1. The molecule has 0 bridgehead atoms. The summed E-state index contributed by atoms with van der Waals surface area (Å²) >= 11 is 0. The van der Waals surface area contributed by atoms with Crippen molar-refractivity contribution in [3.05, 3.63) is 40.5 Å². The van der Waals surface area contributed by atoms with Crippen molar-refractivity contribution < 1.29 is 19.4 Å². The van der Waals surface area contributed by atoms with Gasteiger partial charge in [-0.3, -0.25) is 9.69 Å². The SMILES string of the molecule is COCN1C(=O)[C@@]2(CC(CO)=C(C#N)C2(C)C)c2ccc3c(c21)C=CC(C)(C)O3. The Bertz CT molecular complexity index is 1010. The molecular weight excluding hydrogens is 368 g/mol. The third kappa shape index (κ3) is 2.38. The quantitative estimate of drug-likeness (QED) is 0.851. The molecule has 0 fully saturated rings. The largest absolute Gasteiger partial charge is 0.483 e. The predicted octanol–water partition coefficient (Wildman–Crippen LogP) is 3.30. The lowest BCUT2D eigenvalue weighted by Gasteiger charge is -2.38. The summed E-state index contributed by atoms with van der Waals surface area (Å²) in [6, 6.07) is 6.10. The number of ether oxygens (including phenoxy) is 2. The van der Waals surface area contributed by atoms with Gasteiger partial charge < -0.3 is 14.6 Å². The van der Waals surface area contributed by atoms with Gasteiger partial charge in [-0.25, -0.2) is 0 Å². The van der Waals surface area contributed by atoms with Crippen LogP contribution in [-0.4, -0.2) is 37.1 Å². The Hall–Kier alpha value is -2.62. The molecule has 0 aromatic heterocycles. The van der Waals surface area contributed by atoms with Crippen LogP contribution >= 0.6 is 0 Å². The smallest absolute Gasteiger partial charge is 0.240 e. The van der Waals surface area contributed by atoms with Crippen LogP contribution in [0.15, 0.2) is 29.4 Å². The summed E-state index contributed by atoms with van der Waals surface area (Å²) in [5.41, 5.74) is 1.43. The highest BCUT2D eigenvalue weighted by Crippen LogP contribution is 2.63. The number of amides is 1. The van der Waals surface area contributed by atoms with E-state index >= 15 is 0 Å². The molecule has 6 heteroatoms. The Morgan fingerprint density at radius 3 is 2.62 bits per heavy atom. The van der Waals surface area contributed by atoms with Crippen LogP contribution in [0.4, 0.5) is 5.69 Å². The summed E-state index contributed by atoms with van der Waals surface area (Å²) in [6.07, 6.45) is 4.30. The van der Waals surface area contributed by atoms with Gasteiger partial charge in [0.05, 0.1) is 23.8 Å². The van der Waals surface area contributed by atoms with E-state index in [2.05, 4.69) is 6.07 Å². The molecule has 1 spiro atoms. The van der Waals surface area contributed by atoms with Crippen LogP contribution in [0.2, 0.25) is 0 Å². The lowest BCUT2D eigenvalue weighted by molar-refractivity contribution is -0.126. The third-order valence-corrected chi connectivity index (χ3v) is 6.63. The maximum absolute atomic E-state index is 13.9. The van der Waals surface area contributed by atoms with Crippen molar-refractivity contribution in [2.24, 2.45) is 5.41 Å². The number of nitriles is 1. The maximum atomic E-state index is 13.9. The van der Waals surface area contributed by atoms with Crippen LogP contribution in [0.3, 0.4) is 0 Å². The number of methoxy groups -OCH3 is 1. The van der Waals surface area contributed by atoms with Gasteiger partial charge in [-0.2, -0.15) is 5.26 Å². The zero-order chi connectivity index (χ0) is 21.2. The Balaban J connectivity index is 1.99. The lowest BCUT2D eigenvalue weighted by Crippen LogP contribution is -2.48. The molecule has 1 amide bonds. The van der Waals surface area contributed by atoms with Crippen LogP contribution < -0.4 is 9.64 Å². The standard InChI is InChI=1S/C23H26N2O4/c1-21(2)9-8-15-18(29-21)7-6-16-19(15)25(13-28-5)20(27)23(16)10-14(12-26)17(11-24)22(23,3)4/h6-9,26H,10,12-13H2,1-5H3/t23-/m1/s1. The normalized spacial score (nSPS) is 25.8. The number of nitrogens with zero attached hydrogens (tertiary/aromatic N) is 2. The molecule has 1 aromatic carbocycles. The summed E-state index contributed by atoms with van der Waals surface area (Å²) < 4.78 is 11.5. The Morgan fingerprint density at radius 1 is 1.31 bits per heavy atom. The number of aliphatic hydroxyl groups is 1. The van der Waals surface area contributed by atoms with Crippen LogP contribution in [-0.2, 0) is 14.9 Å². The van der Waals surface area contributed by atoms with Gasteiger partial charge in [-0.05, 0) is 49.6 Å². The Labute approximate surface area is 171 Å². The summed E-state index contributed by atoms with van der Waals surface area (Å²) in [4.78, 5) is 15.5. The summed E-state index contributed by atoms with van der Waals surface area (Å²) in [7, 11) is 1.56. The first-order valence-electron chi connectivity index (χ1n) is 9.74. The minimum Gasteiger partial charge on any atom is -0.483 e. The molecular formula is C23H26N2O4. The fraction of sp³-hybridized carbons (Fsp3) is 0.478. The summed E-state index contributed by atoms with van der Waals surface area (Å²) in [5.74, 6) is 0.607. The van der Waals surface area contributed by atoms with Crippen molar-refractivity contribution in [1.82, 2.24) is 0 Å². The molecule has 2 aliphatic heterocycles. The number of hydrogen-bond donors (Lipinski definition) is 1. The molecule has 4 rings (SSSR count). The van der Waals surface area contributed by atoms with Gasteiger partial charge in [-0.15, -0.1) is 0 Å². The molecule has 1 aliphatic carbocycles. The molecule has 2 heterocycles. The minimum atomic E-state index is -0.959. The van der Waals surface area contributed by atoms with Crippen molar-refractivity contribution in [3.8, 4) is 11.8 Å². The molecule has 0 saturated heterocycles. The monoisotopic (exact) mass is 394 g/mol. The van der Waals surface area contributed by atoms with E-state index in [9.17, 15) is 15.2 Å². The lowest BCUT2D eigenvalue weighted by atomic mass is 9.62. The van der Waals surface area contributed by atoms with Gasteiger partial charge in [0.2, 0.25) is 5.91 Å². The van der Waals surface area contributed by atoms with Crippen molar-refractivity contribution in [2.75, 3.05) is 25.3 Å². The molecule has 1 atom stereocenters. The highest BCUT2D eigenvalue weighted by atomic mass is 16.5. The van der Waals surface area contributed by atoms with E-state index in [1.807, 2.05) is 52.0 Å². The van der Waals surface area contributed by atoms with E-state index in [1.165, 1.54) is 0 Å². The first-order chi connectivity index (χ1) is 13.6. The molecule has 3 aliphatic rings. The minimum absolute atomic E-state index is 0.105. The molecule has 152 valence electrons. The van der Waals surface area contributed by atoms with Gasteiger partial charge in [0.25, 0.3) is 0 Å². The topological polar surface area (TPSA) is 82.8 Å². The molecule has 0 radical (unpaired) electrons. The van der Waals surface area contributed by atoms with Crippen molar-refractivity contribution >= 4 is 17.7 Å². The van der Waals surface area contributed by atoms with E-state index in [1.54, 1.807) is 12.0 Å². The number of carbonyl (C=O) groups is 1. The molecule has 1 N–H and O–H groups in total. The van der Waals surface area contributed by atoms with E-state index in [0.29, 0.717) is 23.3 Å². The van der Waals surface area contributed by atoms with Gasteiger partial charge in [-0.1, -0.05) is 19.9 Å². The molecule has 6 nitrogen and oxygen atoms in total. The van der Waals surface area contributed by atoms with Gasteiger partial charge in [0.15, 0.2) is 0 Å². The van der Waals surface area contributed by atoms with Gasteiger partial charge in [0, 0.05) is 23.7 Å². The Morgan fingerprint density at radius 2 is 2.03 bits per heavy atom. The highest BCUT2D eigenvalue weighted by molar-refractivity contribution is 6.12. The number of benzene rings is 1. The zero-order valence-electron chi connectivity index (χ0n) is 17.5. The van der Waals surface area contributed by atoms with Crippen LogP contribution in [0.5, 0.6) is 5.75 Å². The molecule has 0 unspecified atom stereocenters. The first kappa shape index (κ1) is 19.7. The maximum Gasteiger partial charge on any atom is 0.240 e. The fourth-order valence-corrected chi connectivity index (χ4v) is 5.19. The Kier molecular flexibility index (Phi) is 4.20. The van der Waals surface area contributed by atoms with E-state index < -0.39 is 16.4 Å². The van der Waals surface area contributed by atoms with Crippen LogP contribution in [0.1, 0.15) is 45.2 Å². The van der Waals surface area contributed by atoms with Crippen molar-refractivity contribution in [3.63, 3.8) is 0 Å². The third-order valence-electron chi connectivity index (χ3n) is 6.63. The number of carbonyl (C=O) groups excluding carboxylic acids is 1. The van der Waals surface area contributed by atoms with Crippen molar-refractivity contribution in [2.45, 2.75) is 45.1 Å². The average Bonchev–Trinajstić information content (AvgIpc) is 3.04. The second-order valence-corrected chi connectivity index (χ2v) is 9.02. The highest BCUT2D eigenvalue weighted by Gasteiger charge is 2.65. The summed E-state index contributed by atoms with van der Waals surface area (Å²) in [5, 5.41) is 19.7. The number of aliphatic hydroxyl groups excluding tert-OH is 1. The number of rotatable bonds is 3. The van der Waals surface area contributed by atoms with Gasteiger partial charge >= 0.3 is 0 Å². The van der Waals surface area contributed by atoms with E-state index in [4.69, 9.17) is 9.47 Å². The predicted molar refractivity (Wildman–Crippen MR) is 109 cm³/mol. The molecule has 1 aromatic rings. The number of hydrogen-bond acceptors (Lipinski definition) is 5. The number of allylic oxidation sites excluding steroid dienone is 1. The molecule has 29 heavy (non-hydrogen) atoms. The molecule has 0 saturated carbocycles. The average molecular weight is 394 g/mol. The van der Waals surface area contributed by atoms with Gasteiger partial charge in [0.1, 0.15) is 18.1 Å². The zero-order valence-corrected chi connectivity index (χ0v) is 17.5. The van der Waals surface area contributed by atoms with E-state index in [0.717, 1.165) is 16.8 Å². The van der Waals surface area contributed by atoms with E-state index in [-0.39, 0.29) is 19.2 Å².